The molecule has 1 atom stereocenters. The molecule has 1 unspecified atom stereocenters. The number of fused-ring (bicyclic) bond motifs is 3. The van der Waals surface area contributed by atoms with E-state index in [-0.39, 0.29) is 16.5 Å². The van der Waals surface area contributed by atoms with Crippen molar-refractivity contribution >= 4 is 63.0 Å². The maximum atomic E-state index is 12.5. The van der Waals surface area contributed by atoms with E-state index < -0.39 is 11.2 Å². The second kappa shape index (κ2) is 7.69. The van der Waals surface area contributed by atoms with Gasteiger partial charge < -0.3 is 15.4 Å². The van der Waals surface area contributed by atoms with E-state index in [0.29, 0.717) is 22.0 Å². The van der Waals surface area contributed by atoms with Gasteiger partial charge in [-0.05, 0) is 31.2 Å². The van der Waals surface area contributed by atoms with Gasteiger partial charge in [-0.2, -0.15) is 0 Å². The lowest BCUT2D eigenvalue weighted by Gasteiger charge is -2.11. The molecule has 0 aliphatic carbocycles. The number of aromatic nitrogens is 4. The first-order valence-corrected chi connectivity index (χ1v) is 9.79. The van der Waals surface area contributed by atoms with Crippen molar-refractivity contribution in [2.24, 2.45) is 0 Å². The van der Waals surface area contributed by atoms with Crippen molar-refractivity contribution in [3.8, 4) is 0 Å². The highest BCUT2D eigenvalue weighted by molar-refractivity contribution is 8.00. The molecule has 10 heteroatoms. The molecule has 0 saturated heterocycles. The van der Waals surface area contributed by atoms with Gasteiger partial charge in [0.25, 0.3) is 0 Å². The lowest BCUT2D eigenvalue weighted by atomic mass is 10.2. The Morgan fingerprint density at radius 3 is 2.79 bits per heavy atom. The van der Waals surface area contributed by atoms with Crippen molar-refractivity contribution in [3.05, 3.63) is 53.1 Å². The minimum absolute atomic E-state index is 0.0819. The lowest BCUT2D eigenvalue weighted by Crippen LogP contribution is -2.23. The van der Waals surface area contributed by atoms with Crippen LogP contribution in [-0.2, 0) is 4.79 Å². The average Bonchev–Trinajstić information content (AvgIpc) is 3.06. The Kier molecular flexibility index (Phi) is 5.08. The number of carbonyl (C=O) groups excluding carboxylic acids is 1. The van der Waals surface area contributed by atoms with E-state index in [1.54, 1.807) is 13.0 Å². The van der Waals surface area contributed by atoms with Crippen molar-refractivity contribution < 1.29 is 14.7 Å². The van der Waals surface area contributed by atoms with Gasteiger partial charge in [-0.3, -0.25) is 4.79 Å². The molecule has 0 saturated carbocycles. The van der Waals surface area contributed by atoms with Crippen LogP contribution in [0.1, 0.15) is 17.3 Å². The number of nitrogens with zero attached hydrogens (tertiary/aromatic N) is 3. The Morgan fingerprint density at radius 1 is 1.21 bits per heavy atom. The predicted molar refractivity (Wildman–Crippen MR) is 112 cm³/mol. The molecule has 0 aliphatic heterocycles. The predicted octanol–water partition coefficient (Wildman–Crippen LogP) is 3.98. The summed E-state index contributed by atoms with van der Waals surface area (Å²) in [5, 5.41) is 21.0. The number of benzene rings is 2. The first-order chi connectivity index (χ1) is 13.9. The van der Waals surface area contributed by atoms with Crippen LogP contribution in [0.3, 0.4) is 0 Å². The smallest absolute Gasteiger partial charge is 0.337 e. The highest BCUT2D eigenvalue weighted by Crippen LogP contribution is 2.26. The molecule has 3 N–H and O–H groups in total. The summed E-state index contributed by atoms with van der Waals surface area (Å²) in [7, 11) is 0. The minimum Gasteiger partial charge on any atom is -0.478 e. The quantitative estimate of drug-likeness (QED) is 0.412. The van der Waals surface area contributed by atoms with Crippen LogP contribution in [0.25, 0.3) is 22.1 Å². The molecule has 0 fully saturated rings. The Balaban J connectivity index is 1.50. The van der Waals surface area contributed by atoms with Crippen molar-refractivity contribution in [2.45, 2.75) is 17.3 Å². The van der Waals surface area contributed by atoms with Crippen LogP contribution >= 0.6 is 23.4 Å². The molecule has 1 amide bonds. The molecular weight excluding hydrogens is 414 g/mol. The third-order valence-electron chi connectivity index (χ3n) is 4.22. The van der Waals surface area contributed by atoms with Gasteiger partial charge >= 0.3 is 5.97 Å². The minimum atomic E-state index is -1.17. The average molecular weight is 428 g/mol. The van der Waals surface area contributed by atoms with Crippen molar-refractivity contribution in [3.63, 3.8) is 0 Å². The topological polar surface area (TPSA) is 121 Å². The Labute approximate surface area is 173 Å². The maximum absolute atomic E-state index is 12.5. The van der Waals surface area contributed by atoms with Crippen molar-refractivity contribution in [1.82, 2.24) is 20.2 Å². The number of rotatable bonds is 5. The highest BCUT2D eigenvalue weighted by atomic mass is 35.5. The van der Waals surface area contributed by atoms with Gasteiger partial charge in [-0.1, -0.05) is 41.6 Å². The number of hydrogen-bond acceptors (Lipinski definition) is 6. The molecule has 8 nitrogen and oxygen atoms in total. The van der Waals surface area contributed by atoms with Gasteiger partial charge in [0.2, 0.25) is 11.1 Å². The van der Waals surface area contributed by atoms with E-state index in [1.807, 2.05) is 24.3 Å². The van der Waals surface area contributed by atoms with Gasteiger partial charge in [0, 0.05) is 16.6 Å². The van der Waals surface area contributed by atoms with E-state index in [2.05, 4.69) is 25.5 Å². The van der Waals surface area contributed by atoms with Gasteiger partial charge in [0.1, 0.15) is 5.52 Å². The van der Waals surface area contributed by atoms with E-state index in [9.17, 15) is 9.59 Å². The Morgan fingerprint density at radius 2 is 2.00 bits per heavy atom. The second-order valence-corrected chi connectivity index (χ2v) is 7.93. The van der Waals surface area contributed by atoms with Gasteiger partial charge in [-0.25, -0.2) is 9.78 Å². The fourth-order valence-corrected chi connectivity index (χ4v) is 3.69. The molecule has 4 rings (SSSR count). The SMILES string of the molecule is CC(Sc1nnc2c(n1)[nH]c1ccccc12)C(=O)Nc1ccc(Cl)c(C(=O)O)c1. The van der Waals surface area contributed by atoms with Crippen molar-refractivity contribution in [2.75, 3.05) is 5.32 Å². The molecule has 4 aromatic rings. The number of aromatic carboxylic acids is 1. The second-order valence-electron chi connectivity index (χ2n) is 6.21. The van der Waals surface area contributed by atoms with Gasteiger partial charge in [0.15, 0.2) is 5.65 Å². The zero-order chi connectivity index (χ0) is 20.5. The zero-order valence-electron chi connectivity index (χ0n) is 15.0. The number of carboxylic acids is 1. The monoisotopic (exact) mass is 427 g/mol. The molecule has 0 radical (unpaired) electrons. The molecule has 2 heterocycles. The molecule has 0 spiro atoms. The first-order valence-electron chi connectivity index (χ1n) is 8.54. The molecule has 29 heavy (non-hydrogen) atoms. The van der Waals surface area contributed by atoms with E-state index in [1.165, 1.54) is 12.1 Å². The van der Waals surface area contributed by atoms with Crippen LogP contribution in [-0.4, -0.2) is 42.4 Å². The molecule has 2 aromatic heterocycles. The first kappa shape index (κ1) is 19.2. The molecule has 146 valence electrons. The van der Waals surface area contributed by atoms with Crippen LogP contribution in [0.4, 0.5) is 5.69 Å². The summed E-state index contributed by atoms with van der Waals surface area (Å²) in [5.74, 6) is -1.49. The third-order valence-corrected chi connectivity index (χ3v) is 5.50. The number of thioether (sulfide) groups is 1. The molecular formula is C19H14ClN5O3S. The number of hydrogen-bond donors (Lipinski definition) is 3. The number of H-pyrrole nitrogens is 1. The number of anilines is 1. The fraction of sp³-hybridized carbons (Fsp3) is 0.105. The standard InChI is InChI=1S/C19H14ClN5O3S/c1-9(17(26)21-10-6-7-13(20)12(8-10)18(27)28)29-19-23-16-15(24-25-19)11-4-2-3-5-14(11)22-16/h2-9H,1H3,(H,21,26)(H,27,28)(H,22,23,25). The number of carboxylic acid groups (broad SMARTS) is 1. The van der Waals surface area contributed by atoms with E-state index in [0.717, 1.165) is 22.7 Å². The summed E-state index contributed by atoms with van der Waals surface area (Å²) in [5.41, 5.74) is 2.44. The van der Waals surface area contributed by atoms with E-state index >= 15 is 0 Å². The summed E-state index contributed by atoms with van der Waals surface area (Å²) in [6.45, 7) is 1.70. The zero-order valence-corrected chi connectivity index (χ0v) is 16.6. The molecule has 2 aromatic carbocycles. The lowest BCUT2D eigenvalue weighted by molar-refractivity contribution is -0.115. The summed E-state index contributed by atoms with van der Waals surface area (Å²) in [6, 6.07) is 12.0. The van der Waals surface area contributed by atoms with Crippen LogP contribution in [0.5, 0.6) is 0 Å². The van der Waals surface area contributed by atoms with Crippen LogP contribution < -0.4 is 5.32 Å². The fourth-order valence-electron chi connectivity index (χ4n) is 2.78. The number of carbonyl (C=O) groups is 2. The number of halogens is 1. The largest absolute Gasteiger partial charge is 0.478 e. The normalized spacial score (nSPS) is 12.2. The summed E-state index contributed by atoms with van der Waals surface area (Å²) < 4.78 is 0. The number of para-hydroxylation sites is 1. The molecule has 0 aliphatic rings. The maximum Gasteiger partial charge on any atom is 0.337 e. The van der Waals surface area contributed by atoms with Gasteiger partial charge in [0.05, 0.1) is 15.8 Å². The summed E-state index contributed by atoms with van der Waals surface area (Å²) in [4.78, 5) is 31.3. The summed E-state index contributed by atoms with van der Waals surface area (Å²) >= 11 is 7.00. The van der Waals surface area contributed by atoms with E-state index in [4.69, 9.17) is 16.7 Å². The highest BCUT2D eigenvalue weighted by Gasteiger charge is 2.19. The number of nitrogens with one attached hydrogen (secondary N) is 2. The van der Waals surface area contributed by atoms with Crippen LogP contribution in [0.15, 0.2) is 47.6 Å². The van der Waals surface area contributed by atoms with Crippen LogP contribution in [0.2, 0.25) is 5.02 Å². The van der Waals surface area contributed by atoms with Crippen molar-refractivity contribution in [1.29, 1.82) is 0 Å². The molecule has 0 bridgehead atoms. The number of aromatic amines is 1. The van der Waals surface area contributed by atoms with Crippen LogP contribution in [0, 0.1) is 0 Å². The van der Waals surface area contributed by atoms with Gasteiger partial charge in [-0.15, -0.1) is 10.2 Å². The number of amides is 1. The summed E-state index contributed by atoms with van der Waals surface area (Å²) in [6.07, 6.45) is 0. The Bertz CT molecular complexity index is 1260. The Hall–Kier alpha value is -3.17. The third kappa shape index (κ3) is 3.87.